The highest BCUT2D eigenvalue weighted by Crippen LogP contribution is 2.12. The van der Waals surface area contributed by atoms with Crippen molar-refractivity contribution in [1.29, 1.82) is 0 Å². The van der Waals surface area contributed by atoms with Gasteiger partial charge < -0.3 is 14.7 Å². The van der Waals surface area contributed by atoms with Crippen molar-refractivity contribution in [2.24, 2.45) is 7.05 Å². The number of carboxylic acids is 1. The van der Waals surface area contributed by atoms with Crippen molar-refractivity contribution in [3.05, 3.63) is 28.3 Å². The van der Waals surface area contributed by atoms with E-state index in [2.05, 4.69) is 9.97 Å². The fourth-order valence-corrected chi connectivity index (χ4v) is 1.35. The predicted molar refractivity (Wildman–Crippen MR) is 48.3 cm³/mol. The molecule has 2 heterocycles. The number of carboxylic acid groups (broad SMARTS) is 1. The summed E-state index contributed by atoms with van der Waals surface area (Å²) in [4.78, 5) is 28.2. The molecular weight excluding hydrogens is 186 g/mol. The van der Waals surface area contributed by atoms with Crippen molar-refractivity contribution in [3.63, 3.8) is 0 Å². The molecule has 0 radical (unpaired) electrons. The van der Waals surface area contributed by atoms with Crippen LogP contribution in [-0.2, 0) is 7.05 Å². The molecular formula is C8H7N3O3. The maximum atomic E-state index is 11.0. The highest BCUT2D eigenvalue weighted by Gasteiger charge is 2.13. The minimum Gasteiger partial charge on any atom is -0.478 e. The molecule has 0 unspecified atom stereocenters. The molecule has 2 aromatic heterocycles. The fraction of sp³-hybridized carbons (Fsp3) is 0.125. The lowest BCUT2D eigenvalue weighted by Gasteiger charge is -1.98. The number of aromatic nitrogens is 3. The van der Waals surface area contributed by atoms with Crippen molar-refractivity contribution in [3.8, 4) is 0 Å². The van der Waals surface area contributed by atoms with Crippen molar-refractivity contribution in [2.45, 2.75) is 0 Å². The summed E-state index contributed by atoms with van der Waals surface area (Å²) < 4.78 is 1.55. The molecule has 0 saturated carbocycles. The number of aryl methyl sites for hydroxylation is 1. The van der Waals surface area contributed by atoms with Crippen LogP contribution in [0.2, 0.25) is 0 Å². The largest absolute Gasteiger partial charge is 0.478 e. The molecule has 0 bridgehead atoms. The highest BCUT2D eigenvalue weighted by molar-refractivity contribution is 5.99. The normalized spacial score (nSPS) is 10.6. The first-order valence-corrected chi connectivity index (χ1v) is 3.87. The minimum atomic E-state index is -1.13. The number of fused-ring (bicyclic) bond motifs is 1. The zero-order chi connectivity index (χ0) is 10.3. The van der Waals surface area contributed by atoms with Crippen LogP contribution in [-0.4, -0.2) is 25.6 Å². The summed E-state index contributed by atoms with van der Waals surface area (Å²) in [5, 5.41) is 8.86. The van der Waals surface area contributed by atoms with E-state index in [0.717, 1.165) is 6.07 Å². The van der Waals surface area contributed by atoms with Crippen LogP contribution < -0.4 is 5.56 Å². The topological polar surface area (TPSA) is 88.0 Å². The van der Waals surface area contributed by atoms with Crippen molar-refractivity contribution >= 4 is 17.1 Å². The van der Waals surface area contributed by atoms with E-state index in [1.165, 1.54) is 6.33 Å². The smallest absolute Gasteiger partial charge is 0.338 e. The van der Waals surface area contributed by atoms with E-state index >= 15 is 0 Å². The third-order valence-electron chi connectivity index (χ3n) is 1.94. The Morgan fingerprint density at radius 2 is 2.36 bits per heavy atom. The summed E-state index contributed by atoms with van der Waals surface area (Å²) in [6.45, 7) is 0. The molecule has 72 valence electrons. The number of imidazole rings is 1. The maximum absolute atomic E-state index is 11.0. The standard InChI is InChI=1S/C8H7N3O3/c1-11-3-9-7-6(11)4(8(13)14)2-5(12)10-7/h2-3H,1H3,(H,10,12)(H,13,14). The quantitative estimate of drug-likeness (QED) is 0.665. The molecule has 0 aliphatic carbocycles. The number of H-pyrrole nitrogens is 1. The van der Waals surface area contributed by atoms with E-state index in [-0.39, 0.29) is 11.2 Å². The monoisotopic (exact) mass is 193 g/mol. The molecule has 6 heteroatoms. The zero-order valence-electron chi connectivity index (χ0n) is 7.31. The summed E-state index contributed by atoms with van der Waals surface area (Å²) >= 11 is 0. The maximum Gasteiger partial charge on any atom is 0.338 e. The molecule has 0 amide bonds. The van der Waals surface area contributed by atoms with Gasteiger partial charge in [0.25, 0.3) is 5.56 Å². The summed E-state index contributed by atoms with van der Waals surface area (Å²) in [5.74, 6) is -1.13. The van der Waals surface area contributed by atoms with E-state index in [1.54, 1.807) is 11.6 Å². The number of carbonyl (C=O) groups is 1. The average Bonchev–Trinajstić information content (AvgIpc) is 2.46. The van der Waals surface area contributed by atoms with Crippen LogP contribution in [0, 0.1) is 0 Å². The Bertz CT molecular complexity index is 567. The first-order chi connectivity index (χ1) is 6.59. The van der Waals surface area contributed by atoms with Gasteiger partial charge in [-0.05, 0) is 0 Å². The van der Waals surface area contributed by atoms with Gasteiger partial charge in [0.05, 0.1) is 17.4 Å². The summed E-state index contributed by atoms with van der Waals surface area (Å²) in [6, 6.07) is 1.05. The van der Waals surface area contributed by atoms with E-state index < -0.39 is 11.5 Å². The first kappa shape index (κ1) is 8.49. The van der Waals surface area contributed by atoms with Gasteiger partial charge >= 0.3 is 5.97 Å². The molecule has 6 nitrogen and oxygen atoms in total. The van der Waals surface area contributed by atoms with Crippen LogP contribution in [0.25, 0.3) is 11.2 Å². The third-order valence-corrected chi connectivity index (χ3v) is 1.94. The molecule has 0 aliphatic heterocycles. The van der Waals surface area contributed by atoms with Crippen LogP contribution in [0.5, 0.6) is 0 Å². The van der Waals surface area contributed by atoms with E-state index in [1.807, 2.05) is 0 Å². The Kier molecular flexibility index (Phi) is 1.63. The second-order valence-electron chi connectivity index (χ2n) is 2.91. The number of pyridine rings is 1. The molecule has 0 saturated heterocycles. The molecule has 0 aromatic carbocycles. The lowest BCUT2D eigenvalue weighted by atomic mass is 10.2. The van der Waals surface area contributed by atoms with Crippen LogP contribution in [0.4, 0.5) is 0 Å². The average molecular weight is 193 g/mol. The summed E-state index contributed by atoms with van der Waals surface area (Å²) in [7, 11) is 1.67. The molecule has 0 aliphatic rings. The number of nitrogens with zero attached hydrogens (tertiary/aromatic N) is 2. The number of rotatable bonds is 1. The molecule has 2 aromatic rings. The Hall–Kier alpha value is -2.11. The molecule has 0 fully saturated rings. The van der Waals surface area contributed by atoms with Gasteiger partial charge in [0.1, 0.15) is 0 Å². The number of nitrogens with one attached hydrogen (secondary N) is 1. The second kappa shape index (κ2) is 2.69. The second-order valence-corrected chi connectivity index (χ2v) is 2.91. The Morgan fingerprint density at radius 1 is 1.64 bits per heavy atom. The lowest BCUT2D eigenvalue weighted by molar-refractivity contribution is 0.0698. The Balaban J connectivity index is 2.98. The molecule has 2 N–H and O–H groups in total. The van der Waals surface area contributed by atoms with Crippen molar-refractivity contribution < 1.29 is 9.90 Å². The number of aromatic amines is 1. The van der Waals surface area contributed by atoms with Crippen molar-refractivity contribution in [1.82, 2.24) is 14.5 Å². The zero-order valence-corrected chi connectivity index (χ0v) is 7.31. The van der Waals surface area contributed by atoms with E-state index in [4.69, 9.17) is 5.11 Å². The van der Waals surface area contributed by atoms with Crippen LogP contribution >= 0.6 is 0 Å². The first-order valence-electron chi connectivity index (χ1n) is 3.87. The summed E-state index contributed by atoms with van der Waals surface area (Å²) in [5.41, 5.74) is 0.201. The minimum absolute atomic E-state index is 0.0382. The lowest BCUT2D eigenvalue weighted by Crippen LogP contribution is -2.11. The molecule has 14 heavy (non-hydrogen) atoms. The van der Waals surface area contributed by atoms with Crippen LogP contribution in [0.15, 0.2) is 17.2 Å². The van der Waals surface area contributed by atoms with Crippen LogP contribution in [0.1, 0.15) is 10.4 Å². The van der Waals surface area contributed by atoms with Gasteiger partial charge in [-0.3, -0.25) is 4.79 Å². The third kappa shape index (κ3) is 1.08. The van der Waals surface area contributed by atoms with Crippen molar-refractivity contribution in [2.75, 3.05) is 0 Å². The summed E-state index contributed by atoms with van der Waals surface area (Å²) in [6.07, 6.45) is 1.45. The van der Waals surface area contributed by atoms with Gasteiger partial charge in [0, 0.05) is 13.1 Å². The van der Waals surface area contributed by atoms with Gasteiger partial charge in [-0.15, -0.1) is 0 Å². The molecule has 0 spiro atoms. The van der Waals surface area contributed by atoms with Gasteiger partial charge in [0.2, 0.25) is 0 Å². The Labute approximate surface area is 77.8 Å². The van der Waals surface area contributed by atoms with Crippen LogP contribution in [0.3, 0.4) is 0 Å². The predicted octanol–water partition coefficient (Wildman–Crippen LogP) is -0.0402. The number of aromatic carboxylic acids is 1. The van der Waals surface area contributed by atoms with Gasteiger partial charge in [0.15, 0.2) is 5.65 Å². The van der Waals surface area contributed by atoms with E-state index in [0.29, 0.717) is 5.52 Å². The van der Waals surface area contributed by atoms with E-state index in [9.17, 15) is 9.59 Å². The number of hydrogen-bond donors (Lipinski definition) is 2. The molecule has 2 rings (SSSR count). The highest BCUT2D eigenvalue weighted by atomic mass is 16.4. The number of hydrogen-bond acceptors (Lipinski definition) is 3. The SMILES string of the molecule is Cn1cnc2[nH]c(=O)cc(C(=O)O)c21. The fourth-order valence-electron chi connectivity index (χ4n) is 1.35. The van der Waals surface area contributed by atoms with Gasteiger partial charge in [-0.1, -0.05) is 0 Å². The molecule has 0 atom stereocenters. The van der Waals surface area contributed by atoms with Gasteiger partial charge in [-0.2, -0.15) is 0 Å². The Morgan fingerprint density at radius 3 is 3.00 bits per heavy atom. The van der Waals surface area contributed by atoms with Gasteiger partial charge in [-0.25, -0.2) is 9.78 Å².